The summed E-state index contributed by atoms with van der Waals surface area (Å²) in [5.41, 5.74) is 3.29. The van der Waals surface area contributed by atoms with Crippen LogP contribution in [0.3, 0.4) is 0 Å². The van der Waals surface area contributed by atoms with Crippen molar-refractivity contribution in [2.75, 3.05) is 7.11 Å². The van der Waals surface area contributed by atoms with Crippen molar-refractivity contribution >= 4 is 17.7 Å². The number of benzene rings is 2. The summed E-state index contributed by atoms with van der Waals surface area (Å²) in [5, 5.41) is 3.57. The molecular formula is C21H21NO3S. The van der Waals surface area contributed by atoms with Gasteiger partial charge in [0.1, 0.15) is 5.75 Å². The first-order chi connectivity index (χ1) is 12.6. The lowest BCUT2D eigenvalue weighted by atomic mass is 10.2. The van der Waals surface area contributed by atoms with E-state index in [-0.39, 0.29) is 5.91 Å². The average molecular weight is 367 g/mol. The first-order valence-corrected chi connectivity index (χ1v) is 9.14. The van der Waals surface area contributed by atoms with Crippen molar-refractivity contribution in [1.29, 1.82) is 0 Å². The van der Waals surface area contributed by atoms with Gasteiger partial charge in [-0.15, -0.1) is 0 Å². The van der Waals surface area contributed by atoms with Gasteiger partial charge in [0.25, 0.3) is 5.91 Å². The lowest BCUT2D eigenvalue weighted by Crippen LogP contribution is -2.22. The molecule has 0 fully saturated rings. The summed E-state index contributed by atoms with van der Waals surface area (Å²) < 4.78 is 11.0. The van der Waals surface area contributed by atoms with Crippen LogP contribution in [0.2, 0.25) is 0 Å². The third-order valence-electron chi connectivity index (χ3n) is 4.05. The van der Waals surface area contributed by atoms with Crippen LogP contribution in [-0.4, -0.2) is 13.0 Å². The summed E-state index contributed by atoms with van der Waals surface area (Å²) in [4.78, 5) is 13.5. The molecule has 3 aromatic rings. The predicted octanol–water partition coefficient (Wildman–Crippen LogP) is 4.99. The van der Waals surface area contributed by atoms with Gasteiger partial charge in [0.15, 0.2) is 10.9 Å². The molecule has 0 aliphatic heterocycles. The molecule has 0 atom stereocenters. The zero-order valence-electron chi connectivity index (χ0n) is 15.0. The van der Waals surface area contributed by atoms with E-state index in [4.69, 9.17) is 9.15 Å². The zero-order valence-corrected chi connectivity index (χ0v) is 15.9. The molecule has 3 rings (SSSR count). The van der Waals surface area contributed by atoms with Gasteiger partial charge in [-0.3, -0.25) is 4.79 Å². The van der Waals surface area contributed by atoms with E-state index in [1.807, 2.05) is 36.4 Å². The molecule has 1 amide bonds. The van der Waals surface area contributed by atoms with Crippen LogP contribution in [0.4, 0.5) is 0 Å². The quantitative estimate of drug-likeness (QED) is 0.667. The number of methoxy groups -OCH3 is 1. The Morgan fingerprint density at radius 2 is 1.77 bits per heavy atom. The fourth-order valence-corrected chi connectivity index (χ4v) is 3.60. The van der Waals surface area contributed by atoms with Crippen molar-refractivity contribution in [1.82, 2.24) is 5.32 Å². The molecule has 0 aliphatic carbocycles. The molecule has 2 aromatic carbocycles. The van der Waals surface area contributed by atoms with Crippen LogP contribution in [0, 0.1) is 13.8 Å². The number of amides is 1. The van der Waals surface area contributed by atoms with Gasteiger partial charge in [-0.05, 0) is 43.2 Å². The van der Waals surface area contributed by atoms with Crippen molar-refractivity contribution in [3.05, 3.63) is 77.0 Å². The monoisotopic (exact) mass is 367 g/mol. The van der Waals surface area contributed by atoms with E-state index in [0.717, 1.165) is 16.2 Å². The number of hydrogen-bond acceptors (Lipinski definition) is 4. The van der Waals surface area contributed by atoms with Crippen molar-refractivity contribution in [3.8, 4) is 5.75 Å². The SMILES string of the molecule is COc1ccccc1CNC(=O)c1ccc(Sc2c(C)cccc2C)o1. The van der Waals surface area contributed by atoms with Crippen LogP contribution < -0.4 is 10.1 Å². The number of nitrogens with one attached hydrogen (secondary N) is 1. The lowest BCUT2D eigenvalue weighted by molar-refractivity contribution is 0.0918. The van der Waals surface area contributed by atoms with Gasteiger partial charge >= 0.3 is 0 Å². The number of ether oxygens (including phenoxy) is 1. The standard InChI is InChI=1S/C21H21NO3S/c1-14-7-6-8-15(2)20(14)26-19-12-11-18(25-19)21(23)22-13-16-9-4-5-10-17(16)24-3/h4-12H,13H2,1-3H3,(H,22,23). The Hall–Kier alpha value is -2.66. The van der Waals surface area contributed by atoms with Crippen LogP contribution in [0.15, 0.2) is 69.0 Å². The first kappa shape index (κ1) is 18.1. The second kappa shape index (κ2) is 8.15. The first-order valence-electron chi connectivity index (χ1n) is 8.32. The molecule has 1 N–H and O–H groups in total. The van der Waals surface area contributed by atoms with Gasteiger partial charge in [-0.2, -0.15) is 0 Å². The number of aryl methyl sites for hydroxylation is 2. The molecule has 0 unspecified atom stereocenters. The van der Waals surface area contributed by atoms with Crippen molar-refractivity contribution in [3.63, 3.8) is 0 Å². The van der Waals surface area contributed by atoms with E-state index in [9.17, 15) is 4.79 Å². The van der Waals surface area contributed by atoms with Gasteiger partial charge < -0.3 is 14.5 Å². The minimum absolute atomic E-state index is 0.246. The van der Waals surface area contributed by atoms with Crippen LogP contribution in [0.1, 0.15) is 27.2 Å². The van der Waals surface area contributed by atoms with Gasteiger partial charge in [0.2, 0.25) is 0 Å². The molecule has 134 valence electrons. The third-order valence-corrected chi connectivity index (χ3v) is 5.32. The van der Waals surface area contributed by atoms with Crippen LogP contribution in [-0.2, 0) is 6.54 Å². The van der Waals surface area contributed by atoms with E-state index in [1.165, 1.54) is 22.9 Å². The van der Waals surface area contributed by atoms with Crippen molar-refractivity contribution in [2.45, 2.75) is 30.4 Å². The van der Waals surface area contributed by atoms with Crippen molar-refractivity contribution < 1.29 is 13.9 Å². The number of carbonyl (C=O) groups excluding carboxylic acids is 1. The third kappa shape index (κ3) is 4.11. The molecule has 0 radical (unpaired) electrons. The highest BCUT2D eigenvalue weighted by Crippen LogP contribution is 2.33. The molecule has 0 saturated heterocycles. The van der Waals surface area contributed by atoms with Crippen LogP contribution in [0.5, 0.6) is 5.75 Å². The molecular weight excluding hydrogens is 346 g/mol. The molecule has 0 aliphatic rings. The smallest absolute Gasteiger partial charge is 0.287 e. The van der Waals surface area contributed by atoms with Gasteiger partial charge in [0, 0.05) is 17.0 Å². The highest BCUT2D eigenvalue weighted by Gasteiger charge is 2.14. The fraction of sp³-hybridized carbons (Fsp3) is 0.190. The maximum atomic E-state index is 12.4. The highest BCUT2D eigenvalue weighted by molar-refractivity contribution is 7.99. The minimum Gasteiger partial charge on any atom is -0.496 e. The largest absolute Gasteiger partial charge is 0.496 e. The Bertz CT molecular complexity index is 897. The topological polar surface area (TPSA) is 51.5 Å². The number of para-hydroxylation sites is 1. The molecule has 26 heavy (non-hydrogen) atoms. The molecule has 0 saturated carbocycles. The number of furan rings is 1. The van der Waals surface area contributed by atoms with E-state index >= 15 is 0 Å². The Balaban J connectivity index is 1.66. The van der Waals surface area contributed by atoms with E-state index < -0.39 is 0 Å². The minimum atomic E-state index is -0.246. The van der Waals surface area contributed by atoms with Crippen LogP contribution >= 0.6 is 11.8 Å². The summed E-state index contributed by atoms with van der Waals surface area (Å²) in [5.74, 6) is 0.802. The van der Waals surface area contributed by atoms with E-state index in [2.05, 4.69) is 31.3 Å². The summed E-state index contributed by atoms with van der Waals surface area (Å²) in [6.45, 7) is 4.52. The average Bonchev–Trinajstić information content (AvgIpc) is 3.12. The Labute approximate surface area is 157 Å². The molecule has 1 aromatic heterocycles. The Morgan fingerprint density at radius 3 is 2.50 bits per heavy atom. The number of rotatable bonds is 6. The maximum Gasteiger partial charge on any atom is 0.287 e. The lowest BCUT2D eigenvalue weighted by Gasteiger charge is -2.08. The summed E-state index contributed by atoms with van der Waals surface area (Å²) >= 11 is 1.53. The number of hydrogen-bond donors (Lipinski definition) is 1. The Kier molecular flexibility index (Phi) is 5.68. The van der Waals surface area contributed by atoms with E-state index in [0.29, 0.717) is 17.4 Å². The summed E-state index contributed by atoms with van der Waals surface area (Å²) in [6.07, 6.45) is 0. The van der Waals surface area contributed by atoms with Crippen molar-refractivity contribution in [2.24, 2.45) is 0 Å². The Morgan fingerprint density at radius 1 is 1.04 bits per heavy atom. The van der Waals surface area contributed by atoms with E-state index in [1.54, 1.807) is 13.2 Å². The summed E-state index contributed by atoms with van der Waals surface area (Å²) in [6, 6.07) is 17.3. The number of carbonyl (C=O) groups is 1. The second-order valence-electron chi connectivity index (χ2n) is 5.94. The predicted molar refractivity (Wildman–Crippen MR) is 103 cm³/mol. The molecule has 5 heteroatoms. The molecule has 1 heterocycles. The zero-order chi connectivity index (χ0) is 18.5. The highest BCUT2D eigenvalue weighted by atomic mass is 32.2. The molecule has 4 nitrogen and oxygen atoms in total. The van der Waals surface area contributed by atoms with Crippen LogP contribution in [0.25, 0.3) is 0 Å². The maximum absolute atomic E-state index is 12.4. The van der Waals surface area contributed by atoms with Gasteiger partial charge in [0.05, 0.1) is 7.11 Å². The molecule has 0 bridgehead atoms. The summed E-state index contributed by atoms with van der Waals surface area (Å²) in [7, 11) is 1.62. The second-order valence-corrected chi connectivity index (χ2v) is 6.95. The van der Waals surface area contributed by atoms with Gasteiger partial charge in [-0.1, -0.05) is 48.2 Å². The normalized spacial score (nSPS) is 10.6. The fourth-order valence-electron chi connectivity index (χ4n) is 2.67. The van der Waals surface area contributed by atoms with Gasteiger partial charge in [-0.25, -0.2) is 0 Å². The molecule has 0 spiro atoms.